The number of para-hydroxylation sites is 1. The number of aromatic nitrogens is 1. The molecule has 0 bridgehead atoms. The Bertz CT molecular complexity index is 661. The number of hydrogen-bond donors (Lipinski definition) is 1. The first-order valence-corrected chi connectivity index (χ1v) is 6.55. The maximum Gasteiger partial charge on any atom is 0.119 e. The number of H-pyrrole nitrogens is 1. The largest absolute Gasteiger partial charge is 0.489 e. The van der Waals surface area contributed by atoms with E-state index in [2.05, 4.69) is 33.0 Å². The van der Waals surface area contributed by atoms with E-state index in [-0.39, 0.29) is 0 Å². The van der Waals surface area contributed by atoms with Gasteiger partial charge in [0.25, 0.3) is 0 Å². The number of hydrogen-bond acceptors (Lipinski definition) is 1. The number of ether oxygens (including phenoxy) is 1. The minimum Gasteiger partial charge on any atom is -0.489 e. The fourth-order valence-electron chi connectivity index (χ4n) is 1.95. The van der Waals surface area contributed by atoms with Crippen LogP contribution in [0.3, 0.4) is 0 Å². The van der Waals surface area contributed by atoms with E-state index in [9.17, 15) is 0 Å². The normalized spacial score (nSPS) is 10.7. The molecule has 18 heavy (non-hydrogen) atoms. The molecular formula is C15H12BrNO. The van der Waals surface area contributed by atoms with E-state index in [0.717, 1.165) is 21.3 Å². The lowest BCUT2D eigenvalue weighted by atomic mass is 10.2. The first kappa shape index (κ1) is 11.4. The molecule has 0 amide bonds. The topological polar surface area (TPSA) is 25.0 Å². The summed E-state index contributed by atoms with van der Waals surface area (Å²) in [5, 5.41) is 1.19. The summed E-state index contributed by atoms with van der Waals surface area (Å²) in [6.07, 6.45) is 2.00. The molecule has 0 radical (unpaired) electrons. The minimum atomic E-state index is 0.570. The lowest BCUT2D eigenvalue weighted by molar-refractivity contribution is 0.307. The molecule has 0 aliphatic carbocycles. The van der Waals surface area contributed by atoms with Gasteiger partial charge in [0.1, 0.15) is 12.4 Å². The molecule has 90 valence electrons. The van der Waals surface area contributed by atoms with E-state index in [1.807, 2.05) is 42.6 Å². The zero-order valence-electron chi connectivity index (χ0n) is 9.69. The molecule has 2 aromatic carbocycles. The van der Waals surface area contributed by atoms with Crippen LogP contribution in [-0.2, 0) is 6.61 Å². The van der Waals surface area contributed by atoms with Crippen molar-refractivity contribution in [2.24, 2.45) is 0 Å². The smallest absolute Gasteiger partial charge is 0.119 e. The van der Waals surface area contributed by atoms with Crippen molar-refractivity contribution in [1.29, 1.82) is 0 Å². The maximum atomic E-state index is 5.76. The van der Waals surface area contributed by atoms with Gasteiger partial charge in [-0.25, -0.2) is 0 Å². The highest BCUT2D eigenvalue weighted by atomic mass is 79.9. The SMILES string of the molecule is Brc1ccc2[nH]cc(COc3ccccc3)c2c1. The van der Waals surface area contributed by atoms with Crippen molar-refractivity contribution in [3.8, 4) is 5.75 Å². The van der Waals surface area contributed by atoms with Crippen LogP contribution in [-0.4, -0.2) is 4.98 Å². The van der Waals surface area contributed by atoms with Crippen LogP contribution in [0.1, 0.15) is 5.56 Å². The Hall–Kier alpha value is -1.74. The average Bonchev–Trinajstić information content (AvgIpc) is 2.80. The van der Waals surface area contributed by atoms with Gasteiger partial charge in [-0.3, -0.25) is 0 Å². The summed E-state index contributed by atoms with van der Waals surface area (Å²) in [6.45, 7) is 0.570. The summed E-state index contributed by atoms with van der Waals surface area (Å²) in [5.74, 6) is 0.891. The quantitative estimate of drug-likeness (QED) is 0.756. The van der Waals surface area contributed by atoms with E-state index in [0.29, 0.717) is 6.61 Å². The second-order valence-corrected chi connectivity index (χ2v) is 5.02. The van der Waals surface area contributed by atoms with Crippen LogP contribution in [0, 0.1) is 0 Å². The molecule has 0 atom stereocenters. The van der Waals surface area contributed by atoms with Crippen LogP contribution in [0.5, 0.6) is 5.75 Å². The average molecular weight is 302 g/mol. The standard InChI is InChI=1S/C15H12BrNO/c16-12-6-7-15-14(8-12)11(9-17-15)10-18-13-4-2-1-3-5-13/h1-9,17H,10H2. The van der Waals surface area contributed by atoms with Gasteiger partial charge in [0, 0.05) is 27.1 Å². The molecule has 1 aromatic heterocycles. The van der Waals surface area contributed by atoms with Crippen LogP contribution in [0.15, 0.2) is 59.2 Å². The molecule has 0 fully saturated rings. The van der Waals surface area contributed by atoms with Gasteiger partial charge in [0.05, 0.1) is 0 Å². The number of rotatable bonds is 3. The molecule has 0 saturated heterocycles. The fraction of sp³-hybridized carbons (Fsp3) is 0.0667. The predicted octanol–water partition coefficient (Wildman–Crippen LogP) is 4.51. The van der Waals surface area contributed by atoms with Crippen LogP contribution in [0.2, 0.25) is 0 Å². The van der Waals surface area contributed by atoms with Gasteiger partial charge in [0.15, 0.2) is 0 Å². The van der Waals surface area contributed by atoms with Gasteiger partial charge in [-0.05, 0) is 30.3 Å². The van der Waals surface area contributed by atoms with Gasteiger partial charge in [-0.1, -0.05) is 34.1 Å². The van der Waals surface area contributed by atoms with Gasteiger partial charge in [-0.2, -0.15) is 0 Å². The van der Waals surface area contributed by atoms with E-state index in [4.69, 9.17) is 4.74 Å². The third kappa shape index (κ3) is 2.27. The highest BCUT2D eigenvalue weighted by Crippen LogP contribution is 2.23. The lowest BCUT2D eigenvalue weighted by Crippen LogP contribution is -1.93. The summed E-state index contributed by atoms with van der Waals surface area (Å²) in [7, 11) is 0. The number of aromatic amines is 1. The van der Waals surface area contributed by atoms with Gasteiger partial charge in [0.2, 0.25) is 0 Å². The Kier molecular flexibility index (Phi) is 3.07. The third-order valence-corrected chi connectivity index (χ3v) is 3.36. The summed E-state index contributed by atoms with van der Waals surface area (Å²) < 4.78 is 6.84. The van der Waals surface area contributed by atoms with Gasteiger partial charge in [-0.15, -0.1) is 0 Å². The number of nitrogens with one attached hydrogen (secondary N) is 1. The molecule has 3 heteroatoms. The van der Waals surface area contributed by atoms with Crippen molar-refractivity contribution in [2.75, 3.05) is 0 Å². The molecule has 3 aromatic rings. The molecule has 1 N–H and O–H groups in total. The molecule has 1 heterocycles. The van der Waals surface area contributed by atoms with Crippen molar-refractivity contribution in [1.82, 2.24) is 4.98 Å². The summed E-state index contributed by atoms with van der Waals surface area (Å²) in [4.78, 5) is 3.25. The van der Waals surface area contributed by atoms with E-state index in [1.165, 1.54) is 5.39 Å². The Labute approximate surface area is 114 Å². The second kappa shape index (κ2) is 4.86. The Morgan fingerprint density at radius 2 is 1.89 bits per heavy atom. The molecule has 2 nitrogen and oxygen atoms in total. The van der Waals surface area contributed by atoms with Crippen molar-refractivity contribution in [3.05, 3.63) is 64.8 Å². The van der Waals surface area contributed by atoms with Crippen molar-refractivity contribution >= 4 is 26.8 Å². The van der Waals surface area contributed by atoms with Gasteiger partial charge >= 0.3 is 0 Å². The maximum absolute atomic E-state index is 5.76. The van der Waals surface area contributed by atoms with E-state index in [1.54, 1.807) is 0 Å². The van der Waals surface area contributed by atoms with Crippen LogP contribution in [0.4, 0.5) is 0 Å². The van der Waals surface area contributed by atoms with Crippen molar-refractivity contribution in [3.63, 3.8) is 0 Å². The number of benzene rings is 2. The molecule has 0 unspecified atom stereocenters. The molecule has 0 aliphatic rings. The molecular weight excluding hydrogens is 290 g/mol. The molecule has 0 spiro atoms. The number of halogens is 1. The Balaban J connectivity index is 1.85. The third-order valence-electron chi connectivity index (χ3n) is 2.87. The van der Waals surface area contributed by atoms with Gasteiger partial charge < -0.3 is 9.72 Å². The lowest BCUT2D eigenvalue weighted by Gasteiger charge is -2.04. The van der Waals surface area contributed by atoms with Crippen LogP contribution < -0.4 is 4.74 Å². The Morgan fingerprint density at radius 1 is 1.06 bits per heavy atom. The van der Waals surface area contributed by atoms with E-state index >= 15 is 0 Å². The predicted molar refractivity (Wildman–Crippen MR) is 76.8 cm³/mol. The van der Waals surface area contributed by atoms with Crippen LogP contribution in [0.25, 0.3) is 10.9 Å². The van der Waals surface area contributed by atoms with E-state index < -0.39 is 0 Å². The summed E-state index contributed by atoms with van der Waals surface area (Å²) >= 11 is 3.49. The zero-order chi connectivity index (χ0) is 12.4. The molecule has 3 rings (SSSR count). The molecule has 0 aliphatic heterocycles. The fourth-order valence-corrected chi connectivity index (χ4v) is 2.31. The highest BCUT2D eigenvalue weighted by Gasteiger charge is 2.04. The zero-order valence-corrected chi connectivity index (χ0v) is 11.3. The van der Waals surface area contributed by atoms with Crippen molar-refractivity contribution in [2.45, 2.75) is 6.61 Å². The second-order valence-electron chi connectivity index (χ2n) is 4.11. The highest BCUT2D eigenvalue weighted by molar-refractivity contribution is 9.10. The molecule has 0 saturated carbocycles. The minimum absolute atomic E-state index is 0.570. The first-order chi connectivity index (χ1) is 8.83. The monoisotopic (exact) mass is 301 g/mol. The first-order valence-electron chi connectivity index (χ1n) is 5.76. The Morgan fingerprint density at radius 3 is 2.72 bits per heavy atom. The van der Waals surface area contributed by atoms with Crippen molar-refractivity contribution < 1.29 is 4.74 Å². The summed E-state index contributed by atoms with van der Waals surface area (Å²) in [6, 6.07) is 16.1. The number of fused-ring (bicyclic) bond motifs is 1. The van der Waals surface area contributed by atoms with Crippen LogP contribution >= 0.6 is 15.9 Å². The summed E-state index contributed by atoms with van der Waals surface area (Å²) in [5.41, 5.74) is 2.29.